The number of hydrogen-bond donors (Lipinski definition) is 2. The first-order valence-corrected chi connectivity index (χ1v) is 27.0. The molecule has 0 unspecified atom stereocenters. The first kappa shape index (κ1) is 54.9. The van der Waals surface area contributed by atoms with E-state index in [9.17, 15) is 0 Å². The molecule has 7 aromatic rings. The minimum absolute atomic E-state index is 0.0120. The fourth-order valence-electron chi connectivity index (χ4n) is 9.78. The minimum Gasteiger partial charge on any atom is -0.354 e. The van der Waals surface area contributed by atoms with Crippen molar-refractivity contribution in [2.45, 2.75) is 184 Å². The SMILES string of the molecule is CC(C)(C)Cc1cc(Nc2c(-c3cccc(C(C)(C)C)c3)cc(C(C)(C)C)cc2-c2cccc(C(C)(C)C)c2)cc(Nc2c(-c3cccc(C(C)(C)C)c3)cc(C(C)(C)C)cc2-c2cccc(C(C)(C)C)c2)c1. The molecule has 7 aromatic carbocycles. The highest BCUT2D eigenvalue weighted by Gasteiger charge is 2.27. The van der Waals surface area contributed by atoms with E-state index in [1.165, 1.54) is 83.5 Å². The molecule has 73 heavy (non-hydrogen) atoms. The van der Waals surface area contributed by atoms with Gasteiger partial charge in [0.25, 0.3) is 0 Å². The van der Waals surface area contributed by atoms with Crippen molar-refractivity contribution >= 4 is 22.7 Å². The standard InChI is InChI=1S/C71H90N2/c1-65(2,3)45-46-34-57(72-63-59(47-26-22-30-51(36-47)66(4,5)6)40-55(70(16,17)18)41-60(63)48-27-23-31-52(37-48)67(7,8)9)44-58(35-46)73-64-61(49-28-24-32-53(38-49)68(10,11)12)42-56(71(19,20)21)43-62(64)50-29-25-33-54(39-50)69(13,14)15/h22-44,72-73H,45H2,1-21H3. The van der Waals surface area contributed by atoms with Gasteiger partial charge >= 0.3 is 0 Å². The highest BCUT2D eigenvalue weighted by Crippen LogP contribution is 2.47. The Morgan fingerprint density at radius 3 is 0.740 bits per heavy atom. The van der Waals surface area contributed by atoms with E-state index in [1.807, 2.05) is 0 Å². The van der Waals surface area contributed by atoms with E-state index in [0.29, 0.717) is 0 Å². The van der Waals surface area contributed by atoms with Gasteiger partial charge in [-0.1, -0.05) is 242 Å². The third kappa shape index (κ3) is 13.3. The van der Waals surface area contributed by atoms with Crippen LogP contribution in [-0.2, 0) is 38.9 Å². The minimum atomic E-state index is -0.0915. The molecule has 0 spiro atoms. The van der Waals surface area contributed by atoms with Crippen molar-refractivity contribution in [2.75, 3.05) is 10.6 Å². The Balaban J connectivity index is 1.54. The van der Waals surface area contributed by atoms with E-state index in [0.717, 1.165) is 29.2 Å². The summed E-state index contributed by atoms with van der Waals surface area (Å²) in [7, 11) is 0. The van der Waals surface area contributed by atoms with Gasteiger partial charge in [-0.15, -0.1) is 0 Å². The van der Waals surface area contributed by atoms with Gasteiger partial charge in [-0.05, 0) is 148 Å². The molecule has 0 aliphatic heterocycles. The molecule has 2 N–H and O–H groups in total. The second kappa shape index (κ2) is 19.8. The predicted octanol–water partition coefficient (Wildman–Crippen LogP) is 21.2. The molecule has 0 amide bonds. The lowest BCUT2D eigenvalue weighted by Crippen LogP contribution is -2.14. The summed E-state index contributed by atoms with van der Waals surface area (Å²) < 4.78 is 0. The predicted molar refractivity (Wildman–Crippen MR) is 323 cm³/mol. The number of benzene rings is 7. The fraction of sp³-hybridized carbons (Fsp3) is 0.408. The first-order chi connectivity index (χ1) is 33.5. The van der Waals surface area contributed by atoms with Crippen molar-refractivity contribution in [1.29, 1.82) is 0 Å². The summed E-state index contributed by atoms with van der Waals surface area (Å²) in [6, 6.07) is 53.9. The van der Waals surface area contributed by atoms with Crippen molar-refractivity contribution in [3.05, 3.63) is 178 Å². The molecular weight excluding hydrogens is 881 g/mol. The summed E-state index contributed by atoms with van der Waals surface area (Å²) in [5.74, 6) is 0. The molecule has 0 fully saturated rings. The normalized spacial score (nSPS) is 13.1. The smallest absolute Gasteiger partial charge is 0.0543 e. The van der Waals surface area contributed by atoms with Crippen LogP contribution in [0.4, 0.5) is 22.7 Å². The highest BCUT2D eigenvalue weighted by atomic mass is 14.9. The van der Waals surface area contributed by atoms with Crippen LogP contribution in [0.15, 0.2) is 140 Å². The van der Waals surface area contributed by atoms with Crippen LogP contribution in [0.25, 0.3) is 44.5 Å². The zero-order valence-corrected chi connectivity index (χ0v) is 49.0. The van der Waals surface area contributed by atoms with Crippen LogP contribution in [0.3, 0.4) is 0 Å². The van der Waals surface area contributed by atoms with E-state index in [4.69, 9.17) is 0 Å². The molecule has 0 heterocycles. The van der Waals surface area contributed by atoms with Gasteiger partial charge in [0.2, 0.25) is 0 Å². The van der Waals surface area contributed by atoms with Crippen molar-refractivity contribution < 1.29 is 0 Å². The van der Waals surface area contributed by atoms with Crippen molar-refractivity contribution in [1.82, 2.24) is 0 Å². The van der Waals surface area contributed by atoms with Gasteiger partial charge in [0.15, 0.2) is 0 Å². The maximum absolute atomic E-state index is 4.22. The van der Waals surface area contributed by atoms with Crippen LogP contribution < -0.4 is 10.6 Å². The van der Waals surface area contributed by atoms with Crippen molar-refractivity contribution in [2.24, 2.45) is 5.41 Å². The zero-order valence-electron chi connectivity index (χ0n) is 49.0. The van der Waals surface area contributed by atoms with Gasteiger partial charge in [0.05, 0.1) is 11.4 Å². The van der Waals surface area contributed by atoms with Gasteiger partial charge in [-0.25, -0.2) is 0 Å². The lowest BCUT2D eigenvalue weighted by atomic mass is 9.80. The summed E-state index contributed by atoms with van der Waals surface area (Å²) in [6.45, 7) is 48.8. The fourth-order valence-corrected chi connectivity index (χ4v) is 9.78. The Hall–Kier alpha value is -5.86. The highest BCUT2D eigenvalue weighted by molar-refractivity contribution is 5.96. The molecule has 0 saturated heterocycles. The van der Waals surface area contributed by atoms with E-state index in [2.05, 4.69) is 296 Å². The van der Waals surface area contributed by atoms with Crippen molar-refractivity contribution in [3.63, 3.8) is 0 Å². The largest absolute Gasteiger partial charge is 0.354 e. The maximum Gasteiger partial charge on any atom is 0.0543 e. The average Bonchev–Trinajstić information content (AvgIpc) is 3.26. The van der Waals surface area contributed by atoms with Gasteiger partial charge in [0, 0.05) is 33.6 Å². The van der Waals surface area contributed by atoms with Crippen molar-refractivity contribution in [3.8, 4) is 44.5 Å². The molecule has 0 saturated carbocycles. The van der Waals surface area contributed by atoms with E-state index < -0.39 is 0 Å². The number of rotatable bonds is 9. The third-order valence-corrected chi connectivity index (χ3v) is 14.4. The second-order valence-electron chi connectivity index (χ2n) is 28.6. The number of hydrogen-bond acceptors (Lipinski definition) is 2. The van der Waals surface area contributed by atoms with Crippen LogP contribution in [0.1, 0.15) is 184 Å². The Morgan fingerprint density at radius 1 is 0.274 bits per heavy atom. The molecule has 384 valence electrons. The van der Waals surface area contributed by atoms with E-state index >= 15 is 0 Å². The summed E-state index contributed by atoms with van der Waals surface area (Å²) in [6.07, 6.45) is 0.908. The van der Waals surface area contributed by atoms with Crippen LogP contribution in [0.2, 0.25) is 0 Å². The Kier molecular flexibility index (Phi) is 14.9. The maximum atomic E-state index is 4.22. The average molecular weight is 972 g/mol. The summed E-state index contributed by atoms with van der Waals surface area (Å²) in [4.78, 5) is 0. The molecule has 0 aromatic heterocycles. The molecule has 0 atom stereocenters. The summed E-state index contributed by atoms with van der Waals surface area (Å²) in [5.41, 5.74) is 22.9. The zero-order chi connectivity index (χ0) is 53.9. The molecule has 0 aliphatic rings. The van der Waals surface area contributed by atoms with E-state index in [-0.39, 0.29) is 37.9 Å². The molecule has 0 radical (unpaired) electrons. The lowest BCUT2D eigenvalue weighted by molar-refractivity contribution is 0.411. The molecule has 2 nitrogen and oxygen atoms in total. The second-order valence-corrected chi connectivity index (χ2v) is 28.6. The topological polar surface area (TPSA) is 24.1 Å². The third-order valence-electron chi connectivity index (χ3n) is 14.4. The molecule has 0 bridgehead atoms. The summed E-state index contributed by atoms with van der Waals surface area (Å²) in [5, 5.41) is 8.43. The Labute approximate surface area is 443 Å². The molecule has 2 heteroatoms. The molecular formula is C71H90N2. The van der Waals surface area contributed by atoms with Gasteiger partial charge in [-0.2, -0.15) is 0 Å². The monoisotopic (exact) mass is 971 g/mol. The van der Waals surface area contributed by atoms with Gasteiger partial charge < -0.3 is 10.6 Å². The Morgan fingerprint density at radius 2 is 0.521 bits per heavy atom. The van der Waals surface area contributed by atoms with Crippen LogP contribution >= 0.6 is 0 Å². The van der Waals surface area contributed by atoms with Gasteiger partial charge in [0.1, 0.15) is 0 Å². The number of anilines is 4. The van der Waals surface area contributed by atoms with Crippen LogP contribution in [-0.4, -0.2) is 0 Å². The summed E-state index contributed by atoms with van der Waals surface area (Å²) >= 11 is 0. The first-order valence-electron chi connectivity index (χ1n) is 27.0. The number of nitrogens with one attached hydrogen (secondary N) is 2. The lowest BCUT2D eigenvalue weighted by Gasteiger charge is -2.28. The Bertz CT molecular complexity index is 2750. The van der Waals surface area contributed by atoms with Gasteiger partial charge in [-0.3, -0.25) is 0 Å². The van der Waals surface area contributed by atoms with Crippen LogP contribution in [0, 0.1) is 5.41 Å². The van der Waals surface area contributed by atoms with Crippen LogP contribution in [0.5, 0.6) is 0 Å². The quantitative estimate of drug-likeness (QED) is 0.151. The molecule has 7 rings (SSSR count). The molecule has 0 aliphatic carbocycles. The van der Waals surface area contributed by atoms with E-state index in [1.54, 1.807) is 0 Å².